The zero-order valence-corrected chi connectivity index (χ0v) is 18.2. The quantitative estimate of drug-likeness (QED) is 0.429. The molecule has 6 nitrogen and oxygen atoms in total. The second-order valence-electron chi connectivity index (χ2n) is 7.74. The van der Waals surface area contributed by atoms with Crippen LogP contribution in [0.5, 0.6) is 0 Å². The van der Waals surface area contributed by atoms with Crippen LogP contribution < -0.4 is 5.73 Å². The van der Waals surface area contributed by atoms with Crippen molar-refractivity contribution in [1.29, 1.82) is 0 Å². The Balaban J connectivity index is 1.57. The van der Waals surface area contributed by atoms with Crippen molar-refractivity contribution in [1.82, 2.24) is 4.90 Å². The van der Waals surface area contributed by atoms with E-state index in [-0.39, 0.29) is 18.1 Å². The fourth-order valence-electron chi connectivity index (χ4n) is 3.78. The molecule has 164 valence electrons. The number of nitrogens with zero attached hydrogens (tertiary/aromatic N) is 1. The molecule has 2 atom stereocenters. The number of likely N-dealkylation sites (tertiary alicyclic amines) is 1. The topological polar surface area (TPSA) is 97.5 Å². The number of β-lactam (4-membered cyclic amide) rings is 1. The van der Waals surface area contributed by atoms with Gasteiger partial charge in [-0.2, -0.15) is 0 Å². The highest BCUT2D eigenvalue weighted by Crippen LogP contribution is 2.30. The van der Waals surface area contributed by atoms with Crippen LogP contribution in [0.3, 0.4) is 0 Å². The molecule has 7 heteroatoms. The Kier molecular flexibility index (Phi) is 7.63. The van der Waals surface area contributed by atoms with Crippen molar-refractivity contribution in [2.24, 2.45) is 5.73 Å². The van der Waals surface area contributed by atoms with Crippen LogP contribution >= 0.6 is 0 Å². The summed E-state index contributed by atoms with van der Waals surface area (Å²) in [6.07, 6.45) is 6.51. The third-order valence-corrected chi connectivity index (χ3v) is 7.41. The van der Waals surface area contributed by atoms with Crippen LogP contribution in [0.1, 0.15) is 36.8 Å². The first-order valence-corrected chi connectivity index (χ1v) is 12.1. The average molecular weight is 441 g/mol. The van der Waals surface area contributed by atoms with Gasteiger partial charge in [0.2, 0.25) is 11.8 Å². The Morgan fingerprint density at radius 2 is 1.58 bits per heavy atom. The van der Waals surface area contributed by atoms with Gasteiger partial charge in [-0.25, -0.2) is 8.42 Å². The van der Waals surface area contributed by atoms with Crippen LogP contribution in [-0.2, 0) is 31.6 Å². The van der Waals surface area contributed by atoms with Gasteiger partial charge >= 0.3 is 0 Å². The molecule has 2 unspecified atom stereocenters. The lowest BCUT2D eigenvalue weighted by Gasteiger charge is -2.43. The number of carbonyl (C=O) groups excluding carboxylic acids is 2. The van der Waals surface area contributed by atoms with Gasteiger partial charge < -0.3 is 10.6 Å². The number of hydrogen-bond acceptors (Lipinski definition) is 4. The fraction of sp³-hybridized carbons (Fsp3) is 0.333. The van der Waals surface area contributed by atoms with Crippen molar-refractivity contribution in [3.8, 4) is 0 Å². The molecule has 0 aliphatic carbocycles. The summed E-state index contributed by atoms with van der Waals surface area (Å²) in [4.78, 5) is 25.4. The number of primary amides is 1. The molecule has 0 aromatic heterocycles. The van der Waals surface area contributed by atoms with Gasteiger partial charge in [-0.1, -0.05) is 72.8 Å². The fourth-order valence-corrected chi connectivity index (χ4v) is 5.64. The Hall–Kier alpha value is -2.93. The highest BCUT2D eigenvalue weighted by molar-refractivity contribution is 7.91. The molecule has 0 spiro atoms. The minimum atomic E-state index is -3.63. The highest BCUT2D eigenvalue weighted by Gasteiger charge is 2.49. The molecule has 1 aliphatic heterocycles. The molecular formula is C24H28N2O4S. The highest BCUT2D eigenvalue weighted by atomic mass is 32.2. The Bertz CT molecular complexity index is 1020. The summed E-state index contributed by atoms with van der Waals surface area (Å²) in [7, 11) is -3.63. The first-order valence-electron chi connectivity index (χ1n) is 10.4. The summed E-state index contributed by atoms with van der Waals surface area (Å²) < 4.78 is 25.7. The molecule has 1 heterocycles. The molecule has 1 saturated heterocycles. The van der Waals surface area contributed by atoms with E-state index in [1.54, 1.807) is 24.3 Å². The molecule has 31 heavy (non-hydrogen) atoms. The van der Waals surface area contributed by atoms with Crippen molar-refractivity contribution in [2.45, 2.75) is 49.3 Å². The lowest BCUT2D eigenvalue weighted by Crippen LogP contribution is -2.63. The predicted molar refractivity (Wildman–Crippen MR) is 120 cm³/mol. The Labute approximate surface area is 183 Å². The van der Waals surface area contributed by atoms with Crippen molar-refractivity contribution >= 4 is 21.7 Å². The minimum absolute atomic E-state index is 0.105. The van der Waals surface area contributed by atoms with E-state index in [0.717, 1.165) is 12.8 Å². The summed E-state index contributed by atoms with van der Waals surface area (Å²) in [5.74, 6) is -1.20. The zero-order valence-electron chi connectivity index (χ0n) is 17.4. The number of allylic oxidation sites excluding steroid dienone is 2. The smallest absolute Gasteiger partial charge is 0.240 e. The summed E-state index contributed by atoms with van der Waals surface area (Å²) >= 11 is 0. The average Bonchev–Trinajstić information content (AvgIpc) is 2.74. The molecule has 2 aromatic carbocycles. The van der Waals surface area contributed by atoms with Gasteiger partial charge in [0.05, 0.1) is 12.2 Å². The number of benzene rings is 2. The molecule has 0 saturated carbocycles. The third-order valence-electron chi connectivity index (χ3n) is 5.45. The number of nitrogens with two attached hydrogens (primary N) is 1. The van der Waals surface area contributed by atoms with E-state index in [4.69, 9.17) is 5.73 Å². The Morgan fingerprint density at radius 3 is 2.16 bits per heavy atom. The van der Waals surface area contributed by atoms with Gasteiger partial charge in [0.1, 0.15) is 11.4 Å². The van der Waals surface area contributed by atoms with Gasteiger partial charge in [-0.05, 0) is 36.8 Å². The van der Waals surface area contributed by atoms with E-state index >= 15 is 0 Å². The van der Waals surface area contributed by atoms with Gasteiger partial charge in [0, 0.05) is 0 Å². The van der Waals surface area contributed by atoms with Crippen LogP contribution in [0.25, 0.3) is 0 Å². The lowest BCUT2D eigenvalue weighted by atomic mass is 10.0. The van der Waals surface area contributed by atoms with Crippen LogP contribution in [-0.4, -0.2) is 36.5 Å². The van der Waals surface area contributed by atoms with Gasteiger partial charge in [-0.15, -0.1) is 0 Å². The molecule has 0 bridgehead atoms. The maximum absolute atomic E-state index is 12.9. The van der Waals surface area contributed by atoms with E-state index in [9.17, 15) is 18.0 Å². The van der Waals surface area contributed by atoms with E-state index in [0.29, 0.717) is 18.4 Å². The SMILES string of the molecule is NC(=O)C(CC/C=C/CCc1ccccc1)N1C(=O)CC1S(=O)(=O)Cc1ccccc1. The second-order valence-corrected chi connectivity index (χ2v) is 9.90. The molecule has 1 fully saturated rings. The number of hydrogen-bond donors (Lipinski definition) is 1. The summed E-state index contributed by atoms with van der Waals surface area (Å²) in [6, 6.07) is 18.0. The van der Waals surface area contributed by atoms with Crippen molar-refractivity contribution in [3.63, 3.8) is 0 Å². The molecule has 1 aliphatic rings. The first kappa shape index (κ1) is 22.7. The van der Waals surface area contributed by atoms with Crippen LogP contribution in [0, 0.1) is 0 Å². The molecule has 2 amide bonds. The van der Waals surface area contributed by atoms with Gasteiger partial charge in [0.25, 0.3) is 0 Å². The van der Waals surface area contributed by atoms with Gasteiger partial charge in [0.15, 0.2) is 9.84 Å². The number of rotatable bonds is 11. The maximum atomic E-state index is 12.9. The number of carbonyl (C=O) groups is 2. The number of sulfone groups is 1. The number of aryl methyl sites for hydroxylation is 1. The summed E-state index contributed by atoms with van der Waals surface area (Å²) in [6.45, 7) is 0. The van der Waals surface area contributed by atoms with Crippen LogP contribution in [0.15, 0.2) is 72.8 Å². The van der Waals surface area contributed by atoms with Crippen molar-refractivity contribution in [3.05, 3.63) is 83.9 Å². The standard InChI is InChI=1S/C24H28N2O4S/c25-24(28)21(16-10-2-1-5-11-19-12-6-3-7-13-19)26-22(27)17-23(26)31(29,30)18-20-14-8-4-9-15-20/h1-4,6-9,12-15,21,23H,5,10-11,16-18H2,(H2,25,28)/b2-1+. The largest absolute Gasteiger partial charge is 0.368 e. The Morgan fingerprint density at radius 1 is 1.00 bits per heavy atom. The summed E-state index contributed by atoms with van der Waals surface area (Å²) in [5, 5.41) is -1.00. The maximum Gasteiger partial charge on any atom is 0.240 e. The van der Waals surface area contributed by atoms with E-state index in [1.165, 1.54) is 10.5 Å². The van der Waals surface area contributed by atoms with E-state index in [1.807, 2.05) is 36.4 Å². The molecular weight excluding hydrogens is 412 g/mol. The number of amides is 2. The van der Waals surface area contributed by atoms with Gasteiger partial charge in [-0.3, -0.25) is 9.59 Å². The van der Waals surface area contributed by atoms with Crippen molar-refractivity contribution < 1.29 is 18.0 Å². The second kappa shape index (κ2) is 10.4. The molecule has 3 rings (SSSR count). The predicted octanol–water partition coefficient (Wildman–Crippen LogP) is 2.98. The minimum Gasteiger partial charge on any atom is -0.368 e. The zero-order chi connectivity index (χ0) is 22.3. The first-order chi connectivity index (χ1) is 14.9. The lowest BCUT2D eigenvalue weighted by molar-refractivity contribution is -0.150. The van der Waals surface area contributed by atoms with E-state index in [2.05, 4.69) is 12.1 Å². The summed E-state index contributed by atoms with van der Waals surface area (Å²) in [5.41, 5.74) is 7.43. The van der Waals surface area contributed by atoms with Crippen molar-refractivity contribution in [2.75, 3.05) is 0 Å². The molecule has 2 N–H and O–H groups in total. The van der Waals surface area contributed by atoms with Crippen LogP contribution in [0.4, 0.5) is 0 Å². The molecule has 2 aromatic rings. The monoisotopic (exact) mass is 440 g/mol. The van der Waals surface area contributed by atoms with Crippen LogP contribution in [0.2, 0.25) is 0 Å². The third kappa shape index (κ3) is 6.04. The normalized spacial score (nSPS) is 17.5. The molecule has 0 radical (unpaired) electrons. The van der Waals surface area contributed by atoms with E-state index < -0.39 is 27.2 Å².